The normalized spacial score (nSPS) is 14.9. The molecule has 7 nitrogen and oxygen atoms in total. The Balaban J connectivity index is 1.54. The van der Waals surface area contributed by atoms with E-state index in [0.717, 1.165) is 35.9 Å². The molecule has 0 bridgehead atoms. The second-order valence-electron chi connectivity index (χ2n) is 7.62. The summed E-state index contributed by atoms with van der Waals surface area (Å²) in [6, 6.07) is 15.7. The molecule has 1 amide bonds. The molecular formula is C23H26ClN5O2S. The third kappa shape index (κ3) is 5.26. The molecule has 4 rings (SSSR count). The second kappa shape index (κ2) is 10.4. The molecule has 3 aromatic rings. The van der Waals surface area contributed by atoms with E-state index < -0.39 is 0 Å². The topological polar surface area (TPSA) is 72.3 Å². The van der Waals surface area contributed by atoms with Gasteiger partial charge in [-0.05, 0) is 37.1 Å². The highest BCUT2D eigenvalue weighted by molar-refractivity contribution is 8.00. The number of carbonyl (C=O) groups excluding carboxylic acids is 1. The molecule has 0 spiro atoms. The molecule has 32 heavy (non-hydrogen) atoms. The number of carbonyl (C=O) groups is 1. The van der Waals surface area contributed by atoms with E-state index in [1.165, 1.54) is 11.8 Å². The van der Waals surface area contributed by atoms with Crippen LogP contribution in [0, 0.1) is 6.92 Å². The highest BCUT2D eigenvalue weighted by atomic mass is 35.5. The van der Waals surface area contributed by atoms with E-state index in [1.807, 2.05) is 50.2 Å². The van der Waals surface area contributed by atoms with Gasteiger partial charge < -0.3 is 15.0 Å². The Hall–Kier alpha value is -2.55. The standard InChI is InChI=1S/C23H26ClN5O2S/c1-16-19(24)9-6-10-20(16)25-21(30)17(2)32-23-27-26-22(28-11-13-31-14-12-28)29(23)15-18-7-4-3-5-8-18/h3-10,17H,11-15H2,1-2H3,(H,25,30)/t17-/m1/s1. The molecule has 1 N–H and O–H groups in total. The molecule has 0 radical (unpaired) electrons. The Labute approximate surface area is 197 Å². The predicted octanol–water partition coefficient (Wildman–Crippen LogP) is 4.24. The van der Waals surface area contributed by atoms with Gasteiger partial charge in [-0.2, -0.15) is 0 Å². The summed E-state index contributed by atoms with van der Waals surface area (Å²) in [5, 5.41) is 12.9. The van der Waals surface area contributed by atoms with Crippen molar-refractivity contribution < 1.29 is 9.53 Å². The summed E-state index contributed by atoms with van der Waals surface area (Å²) in [5.41, 5.74) is 2.71. The third-order valence-electron chi connectivity index (χ3n) is 5.35. The van der Waals surface area contributed by atoms with Gasteiger partial charge in [0, 0.05) is 23.8 Å². The number of nitrogens with one attached hydrogen (secondary N) is 1. The zero-order valence-corrected chi connectivity index (χ0v) is 19.7. The van der Waals surface area contributed by atoms with Crippen LogP contribution in [0.15, 0.2) is 53.7 Å². The average molecular weight is 472 g/mol. The molecule has 0 saturated carbocycles. The lowest BCUT2D eigenvalue weighted by Gasteiger charge is -2.28. The van der Waals surface area contributed by atoms with Crippen LogP contribution in [0.2, 0.25) is 5.02 Å². The van der Waals surface area contributed by atoms with Crippen molar-refractivity contribution in [2.24, 2.45) is 0 Å². The highest BCUT2D eigenvalue weighted by Gasteiger charge is 2.24. The van der Waals surface area contributed by atoms with Crippen molar-refractivity contribution in [2.45, 2.75) is 30.8 Å². The molecule has 1 aliphatic rings. The molecule has 2 aromatic carbocycles. The van der Waals surface area contributed by atoms with Crippen molar-refractivity contribution in [1.29, 1.82) is 0 Å². The second-order valence-corrected chi connectivity index (χ2v) is 9.33. The minimum Gasteiger partial charge on any atom is -0.378 e. The summed E-state index contributed by atoms with van der Waals surface area (Å²) in [6.45, 7) is 7.25. The Kier molecular flexibility index (Phi) is 7.34. The van der Waals surface area contributed by atoms with Crippen LogP contribution in [-0.2, 0) is 16.1 Å². The number of amides is 1. The number of rotatable bonds is 7. The van der Waals surface area contributed by atoms with Gasteiger partial charge in [0.05, 0.1) is 25.0 Å². The third-order valence-corrected chi connectivity index (χ3v) is 6.84. The number of anilines is 2. The van der Waals surface area contributed by atoms with E-state index in [0.29, 0.717) is 29.9 Å². The number of hydrogen-bond acceptors (Lipinski definition) is 6. The number of benzene rings is 2. The molecule has 1 atom stereocenters. The Morgan fingerprint density at radius 3 is 2.66 bits per heavy atom. The molecule has 2 heterocycles. The van der Waals surface area contributed by atoms with Crippen molar-refractivity contribution in [3.8, 4) is 0 Å². The summed E-state index contributed by atoms with van der Waals surface area (Å²) < 4.78 is 7.57. The number of hydrogen-bond donors (Lipinski definition) is 1. The smallest absolute Gasteiger partial charge is 0.237 e. The molecule has 0 unspecified atom stereocenters. The molecule has 1 saturated heterocycles. The minimum atomic E-state index is -0.371. The molecule has 9 heteroatoms. The number of thioether (sulfide) groups is 1. The maximum absolute atomic E-state index is 12.9. The molecule has 1 aromatic heterocycles. The van der Waals surface area contributed by atoms with Gasteiger partial charge in [0.2, 0.25) is 11.9 Å². The summed E-state index contributed by atoms with van der Waals surface area (Å²) in [4.78, 5) is 15.1. The molecule has 168 valence electrons. The van der Waals surface area contributed by atoms with Crippen LogP contribution in [0.1, 0.15) is 18.1 Å². The SMILES string of the molecule is Cc1c(Cl)cccc1NC(=O)[C@@H](C)Sc1nnc(N2CCOCC2)n1Cc1ccccc1. The van der Waals surface area contributed by atoms with Crippen LogP contribution in [-0.4, -0.2) is 52.2 Å². The van der Waals surface area contributed by atoms with Gasteiger partial charge in [0.15, 0.2) is 5.16 Å². The monoisotopic (exact) mass is 471 g/mol. The zero-order valence-electron chi connectivity index (χ0n) is 18.1. The Morgan fingerprint density at radius 1 is 1.16 bits per heavy atom. The number of halogens is 1. The largest absolute Gasteiger partial charge is 0.378 e. The fraction of sp³-hybridized carbons (Fsp3) is 0.348. The zero-order chi connectivity index (χ0) is 22.5. The Bertz CT molecular complexity index is 1070. The minimum absolute atomic E-state index is 0.109. The van der Waals surface area contributed by atoms with Crippen LogP contribution in [0.25, 0.3) is 0 Å². The van der Waals surface area contributed by atoms with Crippen LogP contribution in [0.3, 0.4) is 0 Å². The maximum atomic E-state index is 12.9. The lowest BCUT2D eigenvalue weighted by atomic mass is 10.2. The van der Waals surface area contributed by atoms with Crippen LogP contribution < -0.4 is 10.2 Å². The lowest BCUT2D eigenvalue weighted by Crippen LogP contribution is -2.38. The number of nitrogens with zero attached hydrogens (tertiary/aromatic N) is 4. The first-order valence-electron chi connectivity index (χ1n) is 10.6. The number of morpholine rings is 1. The quantitative estimate of drug-likeness (QED) is 0.519. The summed E-state index contributed by atoms with van der Waals surface area (Å²) in [6.07, 6.45) is 0. The van der Waals surface area contributed by atoms with Crippen molar-refractivity contribution in [1.82, 2.24) is 14.8 Å². The van der Waals surface area contributed by atoms with Gasteiger partial charge in [0.25, 0.3) is 0 Å². The summed E-state index contributed by atoms with van der Waals surface area (Å²) in [5.74, 6) is 0.695. The van der Waals surface area contributed by atoms with E-state index in [-0.39, 0.29) is 11.2 Å². The van der Waals surface area contributed by atoms with E-state index >= 15 is 0 Å². The number of aromatic nitrogens is 3. The first kappa shape index (κ1) is 22.6. The van der Waals surface area contributed by atoms with Crippen molar-refractivity contribution >= 4 is 40.9 Å². The molecular weight excluding hydrogens is 446 g/mol. The highest BCUT2D eigenvalue weighted by Crippen LogP contribution is 2.29. The summed E-state index contributed by atoms with van der Waals surface area (Å²) >= 11 is 7.59. The van der Waals surface area contributed by atoms with Gasteiger partial charge in [-0.3, -0.25) is 9.36 Å². The predicted molar refractivity (Wildman–Crippen MR) is 129 cm³/mol. The van der Waals surface area contributed by atoms with Crippen LogP contribution in [0.5, 0.6) is 0 Å². The van der Waals surface area contributed by atoms with Gasteiger partial charge >= 0.3 is 0 Å². The Morgan fingerprint density at radius 2 is 1.91 bits per heavy atom. The van der Waals surface area contributed by atoms with Crippen molar-refractivity contribution in [3.05, 3.63) is 64.7 Å². The van der Waals surface area contributed by atoms with Crippen LogP contribution >= 0.6 is 23.4 Å². The van der Waals surface area contributed by atoms with Gasteiger partial charge in [0.1, 0.15) is 0 Å². The fourth-order valence-corrected chi connectivity index (χ4v) is 4.48. The fourth-order valence-electron chi connectivity index (χ4n) is 3.46. The lowest BCUT2D eigenvalue weighted by molar-refractivity contribution is -0.115. The van der Waals surface area contributed by atoms with Crippen LogP contribution in [0.4, 0.5) is 11.6 Å². The van der Waals surface area contributed by atoms with Gasteiger partial charge in [-0.15, -0.1) is 10.2 Å². The van der Waals surface area contributed by atoms with Gasteiger partial charge in [-0.25, -0.2) is 0 Å². The van der Waals surface area contributed by atoms with E-state index in [9.17, 15) is 4.79 Å². The number of ether oxygens (including phenoxy) is 1. The van der Waals surface area contributed by atoms with E-state index in [4.69, 9.17) is 16.3 Å². The van der Waals surface area contributed by atoms with Crippen molar-refractivity contribution in [3.63, 3.8) is 0 Å². The van der Waals surface area contributed by atoms with Gasteiger partial charge in [-0.1, -0.05) is 59.8 Å². The van der Waals surface area contributed by atoms with E-state index in [2.05, 4.69) is 37.1 Å². The van der Waals surface area contributed by atoms with Crippen molar-refractivity contribution in [2.75, 3.05) is 36.5 Å². The maximum Gasteiger partial charge on any atom is 0.237 e. The summed E-state index contributed by atoms with van der Waals surface area (Å²) in [7, 11) is 0. The molecule has 1 fully saturated rings. The molecule has 1 aliphatic heterocycles. The first-order chi connectivity index (χ1) is 15.5. The molecule has 0 aliphatic carbocycles. The van der Waals surface area contributed by atoms with E-state index in [1.54, 1.807) is 0 Å². The first-order valence-corrected chi connectivity index (χ1v) is 11.8. The average Bonchev–Trinajstić information content (AvgIpc) is 3.20.